The van der Waals surface area contributed by atoms with Crippen molar-refractivity contribution in [2.45, 2.75) is 44.4 Å². The van der Waals surface area contributed by atoms with E-state index >= 15 is 0 Å². The molecule has 1 fully saturated rings. The fraction of sp³-hybridized carbons (Fsp3) is 0.438. The van der Waals surface area contributed by atoms with E-state index in [0.717, 1.165) is 30.0 Å². The first-order valence-electron chi connectivity index (χ1n) is 7.91. The fourth-order valence-corrected chi connectivity index (χ4v) is 3.68. The molecular formula is C16H16F3N3O2S. The van der Waals surface area contributed by atoms with Crippen molar-refractivity contribution >= 4 is 22.4 Å². The maximum Gasteiger partial charge on any atom is 0.573 e. The van der Waals surface area contributed by atoms with E-state index in [1.54, 1.807) is 0 Å². The van der Waals surface area contributed by atoms with Crippen LogP contribution in [0.4, 0.5) is 18.3 Å². The van der Waals surface area contributed by atoms with Gasteiger partial charge in [0.2, 0.25) is 5.13 Å². The number of nitrogens with one attached hydrogen (secondary N) is 1. The second kappa shape index (κ2) is 7.38. The van der Waals surface area contributed by atoms with Crippen LogP contribution in [-0.4, -0.2) is 22.5 Å². The second-order valence-electron chi connectivity index (χ2n) is 5.81. The van der Waals surface area contributed by atoms with Crippen molar-refractivity contribution in [3.63, 3.8) is 0 Å². The lowest BCUT2D eigenvalue weighted by molar-refractivity contribution is -0.274. The van der Waals surface area contributed by atoms with Crippen LogP contribution in [0.3, 0.4) is 0 Å². The van der Waals surface area contributed by atoms with E-state index in [-0.39, 0.29) is 11.3 Å². The smallest absolute Gasteiger partial charge is 0.406 e. The highest BCUT2D eigenvalue weighted by atomic mass is 32.1. The molecule has 9 heteroatoms. The number of aromatic nitrogens is 2. The van der Waals surface area contributed by atoms with Crippen LogP contribution in [-0.2, 0) is 0 Å². The number of halogens is 3. The highest BCUT2D eigenvalue weighted by Crippen LogP contribution is 2.35. The van der Waals surface area contributed by atoms with Gasteiger partial charge in [0.05, 0.1) is 0 Å². The molecule has 1 heterocycles. The van der Waals surface area contributed by atoms with Crippen LogP contribution >= 0.6 is 11.3 Å². The first kappa shape index (κ1) is 17.7. The highest BCUT2D eigenvalue weighted by molar-refractivity contribution is 7.15. The Morgan fingerprint density at radius 2 is 1.80 bits per heavy atom. The van der Waals surface area contributed by atoms with Gasteiger partial charge in [-0.25, -0.2) is 0 Å². The standard InChI is InChI=1S/C16H16F3N3O2S/c17-16(18,19)24-12-8-6-10(7-9-12)13(23)20-15-22-21-14(25-15)11-4-2-1-3-5-11/h6-9,11H,1-5H2,(H,20,22,23). The maximum atomic E-state index is 12.2. The Labute approximate surface area is 146 Å². The van der Waals surface area contributed by atoms with E-state index in [4.69, 9.17) is 0 Å². The third-order valence-corrected chi connectivity index (χ3v) is 4.97. The van der Waals surface area contributed by atoms with Crippen molar-refractivity contribution in [3.8, 4) is 5.75 Å². The molecule has 0 bridgehead atoms. The Kier molecular flexibility index (Phi) is 5.22. The molecule has 3 rings (SSSR count). The molecule has 5 nitrogen and oxygen atoms in total. The minimum atomic E-state index is -4.76. The summed E-state index contributed by atoms with van der Waals surface area (Å²) in [6, 6.07) is 4.71. The van der Waals surface area contributed by atoms with Crippen molar-refractivity contribution < 1.29 is 22.7 Å². The van der Waals surface area contributed by atoms with Crippen molar-refractivity contribution in [1.82, 2.24) is 10.2 Å². The first-order chi connectivity index (χ1) is 11.9. The summed E-state index contributed by atoms with van der Waals surface area (Å²) in [6.45, 7) is 0. The first-order valence-corrected chi connectivity index (χ1v) is 8.73. The van der Waals surface area contributed by atoms with E-state index in [1.807, 2.05) is 0 Å². The molecular weight excluding hydrogens is 355 g/mol. The summed E-state index contributed by atoms with van der Waals surface area (Å²) in [6.07, 6.45) is 1.02. The summed E-state index contributed by atoms with van der Waals surface area (Å²) in [5.41, 5.74) is 0.212. The molecule has 2 aromatic rings. The third kappa shape index (κ3) is 4.91. The predicted molar refractivity (Wildman–Crippen MR) is 86.8 cm³/mol. The Morgan fingerprint density at radius 1 is 1.12 bits per heavy atom. The SMILES string of the molecule is O=C(Nc1nnc(C2CCCCC2)s1)c1ccc(OC(F)(F)F)cc1. The van der Waals surface area contributed by atoms with Crippen molar-refractivity contribution in [2.24, 2.45) is 0 Å². The minimum Gasteiger partial charge on any atom is -0.406 e. The Morgan fingerprint density at radius 3 is 2.44 bits per heavy atom. The van der Waals surface area contributed by atoms with Crippen LogP contribution in [0.5, 0.6) is 5.75 Å². The molecule has 0 aliphatic heterocycles. The number of carbonyl (C=O) groups is 1. The average molecular weight is 371 g/mol. The van der Waals surface area contributed by atoms with Crippen LogP contribution in [0, 0.1) is 0 Å². The van der Waals surface area contributed by atoms with Gasteiger partial charge in [0, 0.05) is 11.5 Å². The molecule has 1 aliphatic carbocycles. The van der Waals surface area contributed by atoms with Gasteiger partial charge in [-0.1, -0.05) is 30.6 Å². The number of anilines is 1. The Bertz CT molecular complexity index is 725. The molecule has 1 aromatic carbocycles. The van der Waals surface area contributed by atoms with Gasteiger partial charge in [-0.3, -0.25) is 10.1 Å². The van der Waals surface area contributed by atoms with Crippen LogP contribution in [0.2, 0.25) is 0 Å². The number of carbonyl (C=O) groups excluding carboxylic acids is 1. The average Bonchev–Trinajstić information content (AvgIpc) is 3.03. The topological polar surface area (TPSA) is 64.1 Å². The monoisotopic (exact) mass is 371 g/mol. The molecule has 0 saturated heterocycles. The van der Waals surface area contributed by atoms with Crippen LogP contribution in [0.25, 0.3) is 0 Å². The minimum absolute atomic E-state index is 0.212. The number of amides is 1. The van der Waals surface area contributed by atoms with Crippen molar-refractivity contribution in [3.05, 3.63) is 34.8 Å². The van der Waals surface area contributed by atoms with E-state index in [2.05, 4.69) is 20.3 Å². The number of rotatable bonds is 4. The predicted octanol–water partition coefficient (Wildman–Crippen LogP) is 4.74. The largest absolute Gasteiger partial charge is 0.573 e. The molecule has 1 N–H and O–H groups in total. The van der Waals surface area contributed by atoms with Crippen molar-refractivity contribution in [1.29, 1.82) is 0 Å². The summed E-state index contributed by atoms with van der Waals surface area (Å²) < 4.78 is 40.2. The molecule has 0 spiro atoms. The summed E-state index contributed by atoms with van der Waals surface area (Å²) in [7, 11) is 0. The number of ether oxygens (including phenoxy) is 1. The summed E-state index contributed by atoms with van der Waals surface area (Å²) in [5, 5.41) is 12.1. The van der Waals surface area contributed by atoms with Crippen LogP contribution in [0.15, 0.2) is 24.3 Å². The molecule has 1 saturated carbocycles. The van der Waals surface area contributed by atoms with Gasteiger partial charge in [-0.2, -0.15) is 0 Å². The third-order valence-electron chi connectivity index (χ3n) is 3.97. The molecule has 134 valence electrons. The van der Waals surface area contributed by atoms with Gasteiger partial charge in [0.25, 0.3) is 5.91 Å². The molecule has 1 aromatic heterocycles. The van der Waals surface area contributed by atoms with Gasteiger partial charge in [0.15, 0.2) is 0 Å². The van der Waals surface area contributed by atoms with Gasteiger partial charge >= 0.3 is 6.36 Å². The number of hydrogen-bond donors (Lipinski definition) is 1. The Balaban J connectivity index is 1.61. The number of nitrogens with zero attached hydrogens (tertiary/aromatic N) is 2. The van der Waals surface area contributed by atoms with Gasteiger partial charge in [0.1, 0.15) is 10.8 Å². The Hall–Kier alpha value is -2.16. The normalized spacial score (nSPS) is 15.8. The second-order valence-corrected chi connectivity index (χ2v) is 6.82. The number of hydrogen-bond acceptors (Lipinski definition) is 5. The molecule has 1 aliphatic rings. The van der Waals surface area contributed by atoms with Crippen LogP contribution < -0.4 is 10.1 Å². The lowest BCUT2D eigenvalue weighted by Crippen LogP contribution is -2.17. The maximum absolute atomic E-state index is 12.2. The number of benzene rings is 1. The summed E-state index contributed by atoms with van der Waals surface area (Å²) >= 11 is 1.35. The van der Waals surface area contributed by atoms with E-state index < -0.39 is 12.3 Å². The van der Waals surface area contributed by atoms with Gasteiger partial charge in [-0.15, -0.1) is 23.4 Å². The summed E-state index contributed by atoms with van der Waals surface area (Å²) in [4.78, 5) is 12.2. The van der Waals surface area contributed by atoms with E-state index in [0.29, 0.717) is 11.0 Å². The summed E-state index contributed by atoms with van der Waals surface area (Å²) in [5.74, 6) is -0.430. The molecule has 0 unspecified atom stereocenters. The molecule has 0 radical (unpaired) electrons. The quantitative estimate of drug-likeness (QED) is 0.843. The molecule has 1 amide bonds. The van der Waals surface area contributed by atoms with Crippen molar-refractivity contribution in [2.75, 3.05) is 5.32 Å². The highest BCUT2D eigenvalue weighted by Gasteiger charge is 2.31. The zero-order chi connectivity index (χ0) is 17.9. The van der Waals surface area contributed by atoms with Crippen LogP contribution in [0.1, 0.15) is 53.4 Å². The zero-order valence-corrected chi connectivity index (χ0v) is 14.0. The lowest BCUT2D eigenvalue weighted by Gasteiger charge is -2.18. The number of alkyl halides is 3. The fourth-order valence-electron chi connectivity index (χ4n) is 2.78. The van der Waals surface area contributed by atoms with E-state index in [1.165, 1.54) is 42.7 Å². The molecule has 0 atom stereocenters. The van der Waals surface area contributed by atoms with Gasteiger partial charge < -0.3 is 4.74 Å². The zero-order valence-electron chi connectivity index (χ0n) is 13.2. The molecule has 25 heavy (non-hydrogen) atoms. The van der Waals surface area contributed by atoms with Gasteiger partial charge in [-0.05, 0) is 37.1 Å². The lowest BCUT2D eigenvalue weighted by atomic mass is 9.90. The van der Waals surface area contributed by atoms with E-state index in [9.17, 15) is 18.0 Å².